The Bertz CT molecular complexity index is 376. The maximum Gasteiger partial charge on any atom is 0.194 e. The molecule has 1 fully saturated rings. The van der Waals surface area contributed by atoms with Gasteiger partial charge < -0.3 is 5.32 Å². The van der Waals surface area contributed by atoms with Crippen LogP contribution in [0.3, 0.4) is 0 Å². The lowest BCUT2D eigenvalue weighted by Crippen LogP contribution is -2.21. The maximum atomic E-state index is 12.9. The summed E-state index contributed by atoms with van der Waals surface area (Å²) in [6.45, 7) is 3.35. The molecule has 16 heavy (non-hydrogen) atoms. The number of hydrogen-bond donors (Lipinski definition) is 1. The molecule has 0 spiro atoms. The van der Waals surface area contributed by atoms with Gasteiger partial charge in [0.25, 0.3) is 0 Å². The second-order valence-electron chi connectivity index (χ2n) is 4.79. The minimum atomic E-state index is -1.40. The van der Waals surface area contributed by atoms with E-state index in [9.17, 15) is 13.2 Å². The van der Waals surface area contributed by atoms with Gasteiger partial charge in [-0.3, -0.25) is 0 Å². The van der Waals surface area contributed by atoms with Crippen LogP contribution in [0.2, 0.25) is 0 Å². The van der Waals surface area contributed by atoms with Crippen LogP contribution >= 0.6 is 0 Å². The molecule has 0 radical (unpaired) electrons. The third-order valence-corrected chi connectivity index (χ3v) is 3.03. The van der Waals surface area contributed by atoms with Crippen LogP contribution in [-0.2, 0) is 6.54 Å². The number of rotatable bonds is 4. The summed E-state index contributed by atoms with van der Waals surface area (Å²) >= 11 is 0. The molecular formula is C12H14F3N. The van der Waals surface area contributed by atoms with E-state index in [4.69, 9.17) is 0 Å². The van der Waals surface area contributed by atoms with Crippen LogP contribution < -0.4 is 5.32 Å². The predicted molar refractivity (Wildman–Crippen MR) is 55.4 cm³/mol. The predicted octanol–water partition coefficient (Wildman–Crippen LogP) is 2.99. The molecule has 0 atom stereocenters. The molecular weight excluding hydrogens is 215 g/mol. The fourth-order valence-electron chi connectivity index (χ4n) is 1.61. The van der Waals surface area contributed by atoms with Gasteiger partial charge in [-0.1, -0.05) is 6.92 Å². The summed E-state index contributed by atoms with van der Waals surface area (Å²) in [4.78, 5) is 0. The Labute approximate surface area is 92.7 Å². The summed E-state index contributed by atoms with van der Waals surface area (Å²) in [5, 5.41) is 3.12. The highest BCUT2D eigenvalue weighted by Gasteiger charge is 2.36. The minimum absolute atomic E-state index is 0.344. The highest BCUT2D eigenvalue weighted by molar-refractivity contribution is 5.19. The van der Waals surface area contributed by atoms with Crippen LogP contribution in [-0.4, -0.2) is 6.54 Å². The van der Waals surface area contributed by atoms with Crippen molar-refractivity contribution in [3.8, 4) is 0 Å². The van der Waals surface area contributed by atoms with E-state index in [1.807, 2.05) is 0 Å². The van der Waals surface area contributed by atoms with Crippen molar-refractivity contribution in [1.82, 2.24) is 5.32 Å². The lowest BCUT2D eigenvalue weighted by Gasteiger charge is -2.10. The van der Waals surface area contributed by atoms with E-state index in [1.54, 1.807) is 0 Å². The van der Waals surface area contributed by atoms with E-state index in [0.717, 1.165) is 18.7 Å². The van der Waals surface area contributed by atoms with E-state index >= 15 is 0 Å². The summed E-state index contributed by atoms with van der Waals surface area (Å²) in [5.41, 5.74) is 0.776. The Hall–Kier alpha value is -1.03. The molecule has 1 aromatic carbocycles. The van der Waals surface area contributed by atoms with Gasteiger partial charge in [-0.25, -0.2) is 13.2 Å². The average Bonchev–Trinajstić information content (AvgIpc) is 2.93. The van der Waals surface area contributed by atoms with Gasteiger partial charge in [0.1, 0.15) is 0 Å². The third-order valence-electron chi connectivity index (χ3n) is 3.03. The fourth-order valence-corrected chi connectivity index (χ4v) is 1.61. The molecule has 0 aromatic heterocycles. The number of benzene rings is 1. The standard InChI is InChI=1S/C12H14F3N/c1-12(2-3-12)7-16-6-8-4-9(13)11(15)10(14)5-8/h4-5,16H,2-3,6-7H2,1H3. The molecule has 88 valence electrons. The largest absolute Gasteiger partial charge is 0.312 e. The van der Waals surface area contributed by atoms with Crippen LogP contribution in [0.5, 0.6) is 0 Å². The molecule has 1 aromatic rings. The molecule has 0 heterocycles. The quantitative estimate of drug-likeness (QED) is 0.782. The lowest BCUT2D eigenvalue weighted by molar-refractivity contribution is 0.442. The summed E-state index contributed by atoms with van der Waals surface area (Å²) in [5.74, 6) is -3.67. The zero-order valence-electron chi connectivity index (χ0n) is 9.12. The van der Waals surface area contributed by atoms with Crippen molar-refractivity contribution >= 4 is 0 Å². The molecule has 1 aliphatic carbocycles. The van der Waals surface area contributed by atoms with Crippen molar-refractivity contribution in [2.75, 3.05) is 6.54 Å². The second kappa shape index (κ2) is 4.09. The monoisotopic (exact) mass is 229 g/mol. The van der Waals surface area contributed by atoms with E-state index in [1.165, 1.54) is 12.8 Å². The normalized spacial score (nSPS) is 17.5. The first-order chi connectivity index (χ1) is 7.50. The van der Waals surface area contributed by atoms with Crippen LogP contribution in [0.4, 0.5) is 13.2 Å². The van der Waals surface area contributed by atoms with Crippen molar-refractivity contribution in [3.05, 3.63) is 35.1 Å². The number of nitrogens with one attached hydrogen (secondary N) is 1. The van der Waals surface area contributed by atoms with Gasteiger partial charge in [0.05, 0.1) is 0 Å². The summed E-state index contributed by atoms with van der Waals surface area (Å²) in [7, 11) is 0. The molecule has 0 unspecified atom stereocenters. The highest BCUT2D eigenvalue weighted by atomic mass is 19.2. The molecule has 2 rings (SSSR count). The molecule has 4 heteroatoms. The van der Waals surface area contributed by atoms with E-state index in [0.29, 0.717) is 17.5 Å². The van der Waals surface area contributed by atoms with Gasteiger partial charge in [0, 0.05) is 13.1 Å². The zero-order chi connectivity index (χ0) is 11.8. The number of halogens is 3. The molecule has 0 bridgehead atoms. The average molecular weight is 229 g/mol. The Morgan fingerprint density at radius 2 is 1.75 bits per heavy atom. The van der Waals surface area contributed by atoms with Gasteiger partial charge in [-0.2, -0.15) is 0 Å². The molecule has 0 aliphatic heterocycles. The zero-order valence-corrected chi connectivity index (χ0v) is 9.12. The van der Waals surface area contributed by atoms with Crippen LogP contribution in [0.15, 0.2) is 12.1 Å². The molecule has 0 amide bonds. The maximum absolute atomic E-state index is 12.9. The lowest BCUT2D eigenvalue weighted by atomic mass is 10.1. The summed E-state index contributed by atoms with van der Waals surface area (Å²) in [6.07, 6.45) is 2.37. The van der Waals surface area contributed by atoms with E-state index in [-0.39, 0.29) is 0 Å². The van der Waals surface area contributed by atoms with Crippen LogP contribution in [0.1, 0.15) is 25.3 Å². The van der Waals surface area contributed by atoms with Crippen molar-refractivity contribution in [1.29, 1.82) is 0 Å². The summed E-state index contributed by atoms with van der Waals surface area (Å²) in [6, 6.07) is 2.06. The molecule has 1 nitrogen and oxygen atoms in total. The van der Waals surface area contributed by atoms with Gasteiger partial charge in [-0.05, 0) is 36.0 Å². The van der Waals surface area contributed by atoms with Crippen molar-refractivity contribution in [2.45, 2.75) is 26.3 Å². The number of hydrogen-bond acceptors (Lipinski definition) is 1. The first kappa shape index (κ1) is 11.5. The first-order valence-corrected chi connectivity index (χ1v) is 5.34. The topological polar surface area (TPSA) is 12.0 Å². The second-order valence-corrected chi connectivity index (χ2v) is 4.79. The van der Waals surface area contributed by atoms with Crippen LogP contribution in [0, 0.1) is 22.9 Å². The molecule has 1 aliphatic rings. The highest BCUT2D eigenvalue weighted by Crippen LogP contribution is 2.44. The van der Waals surface area contributed by atoms with Gasteiger partial charge in [-0.15, -0.1) is 0 Å². The minimum Gasteiger partial charge on any atom is -0.312 e. The smallest absolute Gasteiger partial charge is 0.194 e. The first-order valence-electron chi connectivity index (χ1n) is 5.34. The van der Waals surface area contributed by atoms with Gasteiger partial charge in [0.2, 0.25) is 0 Å². The van der Waals surface area contributed by atoms with Crippen molar-refractivity contribution < 1.29 is 13.2 Å². The molecule has 0 saturated heterocycles. The van der Waals surface area contributed by atoms with E-state index in [2.05, 4.69) is 12.2 Å². The van der Waals surface area contributed by atoms with E-state index < -0.39 is 17.5 Å². The van der Waals surface area contributed by atoms with Gasteiger partial charge >= 0.3 is 0 Å². The van der Waals surface area contributed by atoms with Gasteiger partial charge in [0.15, 0.2) is 17.5 Å². The molecule has 1 saturated carbocycles. The Balaban J connectivity index is 1.94. The summed E-state index contributed by atoms with van der Waals surface area (Å²) < 4.78 is 38.4. The third kappa shape index (κ3) is 2.55. The Morgan fingerprint density at radius 1 is 1.19 bits per heavy atom. The molecule has 1 N–H and O–H groups in total. The SMILES string of the molecule is CC1(CNCc2cc(F)c(F)c(F)c2)CC1. The fraction of sp³-hybridized carbons (Fsp3) is 0.500. The van der Waals surface area contributed by atoms with Crippen molar-refractivity contribution in [3.63, 3.8) is 0 Å². The van der Waals surface area contributed by atoms with Crippen molar-refractivity contribution in [2.24, 2.45) is 5.41 Å². The van der Waals surface area contributed by atoms with Crippen LogP contribution in [0.25, 0.3) is 0 Å². The Kier molecular flexibility index (Phi) is 2.93. The Morgan fingerprint density at radius 3 is 2.25 bits per heavy atom.